The fraction of sp³-hybridized carbons (Fsp3) is 0.538. The molecule has 2 heteroatoms. The van der Waals surface area contributed by atoms with Gasteiger partial charge in [-0.25, -0.2) is 0 Å². The van der Waals surface area contributed by atoms with Crippen molar-refractivity contribution in [1.82, 2.24) is 0 Å². The van der Waals surface area contributed by atoms with Gasteiger partial charge in [0.05, 0.1) is 0 Å². The van der Waals surface area contributed by atoms with Gasteiger partial charge in [-0.05, 0) is 30.4 Å². The third kappa shape index (κ3) is 3.65. The van der Waals surface area contributed by atoms with Crippen LogP contribution in [0.2, 0.25) is 0 Å². The lowest BCUT2D eigenvalue weighted by molar-refractivity contribution is 0.190. The van der Waals surface area contributed by atoms with Crippen LogP contribution in [0.3, 0.4) is 0 Å². The Kier molecular flexibility index (Phi) is 5.37. The van der Waals surface area contributed by atoms with Gasteiger partial charge in [-0.15, -0.1) is 0 Å². The highest BCUT2D eigenvalue weighted by molar-refractivity contribution is 5.29. The summed E-state index contributed by atoms with van der Waals surface area (Å²) in [7, 11) is 1.73. The van der Waals surface area contributed by atoms with Crippen LogP contribution in [0.1, 0.15) is 36.9 Å². The molecule has 0 radical (unpaired) electrons. The topological polar surface area (TPSA) is 35.2 Å². The molecule has 2 N–H and O–H groups in total. The van der Waals surface area contributed by atoms with E-state index in [-0.39, 0.29) is 6.04 Å². The van der Waals surface area contributed by atoms with E-state index in [1.54, 1.807) is 7.11 Å². The molecule has 0 aromatic heterocycles. The summed E-state index contributed by atoms with van der Waals surface area (Å²) in [4.78, 5) is 0. The van der Waals surface area contributed by atoms with Gasteiger partial charge in [0.15, 0.2) is 0 Å². The summed E-state index contributed by atoms with van der Waals surface area (Å²) < 4.78 is 5.03. The van der Waals surface area contributed by atoms with E-state index in [4.69, 9.17) is 10.5 Å². The highest BCUT2D eigenvalue weighted by Crippen LogP contribution is 2.20. The Labute approximate surface area is 92.4 Å². The van der Waals surface area contributed by atoms with E-state index in [0.29, 0.717) is 0 Å². The summed E-state index contributed by atoms with van der Waals surface area (Å²) in [5.74, 6) is 0. The Morgan fingerprint density at radius 1 is 1.33 bits per heavy atom. The molecule has 1 atom stereocenters. The van der Waals surface area contributed by atoms with E-state index >= 15 is 0 Å². The van der Waals surface area contributed by atoms with Crippen LogP contribution in [0.4, 0.5) is 0 Å². The number of benzene rings is 1. The minimum atomic E-state index is 0.149. The average molecular weight is 207 g/mol. The van der Waals surface area contributed by atoms with Crippen molar-refractivity contribution in [3.63, 3.8) is 0 Å². The lowest BCUT2D eigenvalue weighted by atomic mass is 9.96. The molecule has 1 aromatic rings. The number of methoxy groups -OCH3 is 1. The summed E-state index contributed by atoms with van der Waals surface area (Å²) in [5.41, 5.74) is 8.81. The Morgan fingerprint density at radius 3 is 2.73 bits per heavy atom. The molecule has 0 heterocycles. The number of rotatable bonds is 6. The first-order chi connectivity index (χ1) is 7.29. The quantitative estimate of drug-likeness (QED) is 0.728. The summed E-state index contributed by atoms with van der Waals surface area (Å²) in [5, 5.41) is 0. The maximum Gasteiger partial charge on any atom is 0.0462 e. The smallest absolute Gasteiger partial charge is 0.0462 e. The van der Waals surface area contributed by atoms with Crippen molar-refractivity contribution in [2.45, 2.75) is 32.2 Å². The summed E-state index contributed by atoms with van der Waals surface area (Å²) >= 11 is 0. The third-order valence-corrected chi connectivity index (χ3v) is 2.70. The van der Waals surface area contributed by atoms with Gasteiger partial charge >= 0.3 is 0 Å². The SMILES string of the molecule is CCc1ccccc1C(N)CCCOC. The molecular weight excluding hydrogens is 186 g/mol. The molecule has 0 aliphatic rings. The Balaban J connectivity index is 2.59. The first-order valence-corrected chi connectivity index (χ1v) is 5.62. The summed E-state index contributed by atoms with van der Waals surface area (Å²) in [6.07, 6.45) is 3.06. The highest BCUT2D eigenvalue weighted by atomic mass is 16.5. The molecular formula is C13H21NO. The van der Waals surface area contributed by atoms with Crippen molar-refractivity contribution in [2.24, 2.45) is 5.73 Å². The molecule has 0 aliphatic heterocycles. The monoisotopic (exact) mass is 207 g/mol. The van der Waals surface area contributed by atoms with Crippen molar-refractivity contribution in [3.8, 4) is 0 Å². The van der Waals surface area contributed by atoms with E-state index in [1.165, 1.54) is 11.1 Å². The molecule has 1 aromatic carbocycles. The van der Waals surface area contributed by atoms with Gasteiger partial charge in [0.25, 0.3) is 0 Å². The van der Waals surface area contributed by atoms with Crippen LogP contribution in [0.25, 0.3) is 0 Å². The molecule has 0 saturated carbocycles. The first kappa shape index (κ1) is 12.2. The largest absolute Gasteiger partial charge is 0.385 e. The molecule has 0 aliphatic carbocycles. The maximum absolute atomic E-state index is 6.16. The fourth-order valence-corrected chi connectivity index (χ4v) is 1.82. The van der Waals surface area contributed by atoms with Gasteiger partial charge in [0, 0.05) is 19.8 Å². The van der Waals surface area contributed by atoms with Crippen LogP contribution in [-0.4, -0.2) is 13.7 Å². The van der Waals surface area contributed by atoms with Gasteiger partial charge in [-0.2, -0.15) is 0 Å². The van der Waals surface area contributed by atoms with Gasteiger partial charge in [-0.3, -0.25) is 0 Å². The number of hydrogen-bond acceptors (Lipinski definition) is 2. The van der Waals surface area contributed by atoms with Gasteiger partial charge in [0.2, 0.25) is 0 Å². The van der Waals surface area contributed by atoms with Crippen molar-refractivity contribution >= 4 is 0 Å². The number of ether oxygens (including phenoxy) is 1. The molecule has 15 heavy (non-hydrogen) atoms. The van der Waals surface area contributed by atoms with Crippen molar-refractivity contribution in [1.29, 1.82) is 0 Å². The molecule has 1 rings (SSSR count). The standard InChI is InChI=1S/C13H21NO/c1-3-11-7-4-5-8-12(11)13(14)9-6-10-15-2/h4-5,7-8,13H,3,6,9-10,14H2,1-2H3. The van der Waals surface area contributed by atoms with Gasteiger partial charge in [0.1, 0.15) is 0 Å². The number of nitrogens with two attached hydrogens (primary N) is 1. The minimum Gasteiger partial charge on any atom is -0.385 e. The second kappa shape index (κ2) is 6.59. The van der Waals surface area contributed by atoms with Crippen LogP contribution in [-0.2, 0) is 11.2 Å². The third-order valence-electron chi connectivity index (χ3n) is 2.70. The van der Waals surface area contributed by atoms with Crippen molar-refractivity contribution in [2.75, 3.05) is 13.7 Å². The molecule has 0 spiro atoms. The first-order valence-electron chi connectivity index (χ1n) is 5.62. The molecule has 84 valence electrons. The van der Waals surface area contributed by atoms with E-state index in [9.17, 15) is 0 Å². The van der Waals surface area contributed by atoms with E-state index in [1.807, 2.05) is 0 Å². The summed E-state index contributed by atoms with van der Waals surface area (Å²) in [6, 6.07) is 8.58. The van der Waals surface area contributed by atoms with Crippen LogP contribution in [0.5, 0.6) is 0 Å². The Hall–Kier alpha value is -0.860. The van der Waals surface area contributed by atoms with Crippen LogP contribution >= 0.6 is 0 Å². The second-order valence-corrected chi connectivity index (χ2v) is 3.79. The van der Waals surface area contributed by atoms with Crippen LogP contribution in [0.15, 0.2) is 24.3 Å². The lowest BCUT2D eigenvalue weighted by Crippen LogP contribution is -2.13. The number of aryl methyl sites for hydroxylation is 1. The zero-order valence-corrected chi connectivity index (χ0v) is 9.70. The fourth-order valence-electron chi connectivity index (χ4n) is 1.82. The predicted molar refractivity (Wildman–Crippen MR) is 63.9 cm³/mol. The minimum absolute atomic E-state index is 0.149. The average Bonchev–Trinajstić information content (AvgIpc) is 2.29. The van der Waals surface area contributed by atoms with Crippen molar-refractivity contribution < 1.29 is 4.74 Å². The predicted octanol–water partition coefficient (Wildman–Crippen LogP) is 2.68. The van der Waals surface area contributed by atoms with Crippen LogP contribution in [0, 0.1) is 0 Å². The van der Waals surface area contributed by atoms with Crippen molar-refractivity contribution in [3.05, 3.63) is 35.4 Å². The van der Waals surface area contributed by atoms with Gasteiger partial charge in [-0.1, -0.05) is 31.2 Å². The molecule has 2 nitrogen and oxygen atoms in total. The molecule has 1 unspecified atom stereocenters. The highest BCUT2D eigenvalue weighted by Gasteiger charge is 2.08. The normalized spacial score (nSPS) is 12.7. The molecule has 0 saturated heterocycles. The van der Waals surface area contributed by atoms with E-state index in [2.05, 4.69) is 31.2 Å². The molecule has 0 bridgehead atoms. The van der Waals surface area contributed by atoms with E-state index in [0.717, 1.165) is 25.9 Å². The molecule has 0 amide bonds. The second-order valence-electron chi connectivity index (χ2n) is 3.79. The van der Waals surface area contributed by atoms with Gasteiger partial charge < -0.3 is 10.5 Å². The Morgan fingerprint density at radius 2 is 2.07 bits per heavy atom. The zero-order chi connectivity index (χ0) is 11.1. The summed E-state index contributed by atoms with van der Waals surface area (Å²) in [6.45, 7) is 2.96. The lowest BCUT2D eigenvalue weighted by Gasteiger charge is -2.15. The number of hydrogen-bond donors (Lipinski definition) is 1. The zero-order valence-electron chi connectivity index (χ0n) is 9.70. The van der Waals surface area contributed by atoms with Crippen LogP contribution < -0.4 is 5.73 Å². The molecule has 0 fully saturated rings. The maximum atomic E-state index is 6.16. The Bertz CT molecular complexity index is 286. The van der Waals surface area contributed by atoms with E-state index < -0.39 is 0 Å².